The molecule has 1 spiro atoms. The predicted octanol–water partition coefficient (Wildman–Crippen LogP) is 3.71. The van der Waals surface area contributed by atoms with Gasteiger partial charge in [-0.25, -0.2) is 8.78 Å². The predicted molar refractivity (Wildman–Crippen MR) is 76.5 cm³/mol. The molecule has 112 valence electrons. The van der Waals surface area contributed by atoms with Crippen molar-refractivity contribution in [3.05, 3.63) is 29.6 Å². The van der Waals surface area contributed by atoms with Gasteiger partial charge in [0.1, 0.15) is 11.6 Å². The van der Waals surface area contributed by atoms with Crippen LogP contribution in [0.15, 0.2) is 12.3 Å². The number of hydrogen-bond acceptors (Lipinski definition) is 2. The molecule has 1 N–H and O–H groups in total. The molecule has 0 aromatic carbocycles. The average Bonchev–Trinajstić information content (AvgIpc) is 2.43. The Hall–Kier alpha value is -1.03. The van der Waals surface area contributed by atoms with Crippen LogP contribution in [0.2, 0.25) is 0 Å². The normalized spacial score (nSPS) is 21.0. The van der Waals surface area contributed by atoms with E-state index in [1.807, 2.05) is 13.8 Å². The van der Waals surface area contributed by atoms with Crippen molar-refractivity contribution in [3.63, 3.8) is 0 Å². The highest BCUT2D eigenvalue weighted by Gasteiger charge is 2.40. The quantitative estimate of drug-likeness (QED) is 0.894. The Morgan fingerprint density at radius 2 is 1.90 bits per heavy atom. The molecule has 1 aliphatic heterocycles. The molecule has 3 rings (SSSR count). The summed E-state index contributed by atoms with van der Waals surface area (Å²) in [6.45, 7) is 6.28. The lowest BCUT2D eigenvalue weighted by Gasteiger charge is -2.47. The average molecular weight is 282 g/mol. The molecular weight excluding hydrogens is 258 g/mol. The number of aromatic nitrogens is 1. The fraction of sp³-hybridized carbons (Fsp3) is 0.688. The Bertz CT molecular complexity index is 434. The van der Waals surface area contributed by atoms with E-state index in [2.05, 4.69) is 10.3 Å². The van der Waals surface area contributed by atoms with Crippen LogP contribution in [0, 0.1) is 23.0 Å². The maximum absolute atomic E-state index is 13.5. The van der Waals surface area contributed by atoms with Crippen LogP contribution in [0.3, 0.4) is 0 Å². The van der Waals surface area contributed by atoms with Crippen molar-refractivity contribution in [1.82, 2.24) is 10.3 Å². The molecule has 0 bridgehead atoms. The molecule has 4 heteroatoms. The molecule has 1 aromatic rings. The van der Waals surface area contributed by atoms with Gasteiger partial charge in [-0.05, 0) is 43.4 Å². The molecule has 2 heterocycles. The molecule has 0 unspecified atom stereocenters. The summed E-state index contributed by atoms with van der Waals surface area (Å²) in [5.74, 6) is -0.594. The molecule has 1 saturated carbocycles. The number of rotatable bonds is 2. The van der Waals surface area contributed by atoms with E-state index in [0.29, 0.717) is 23.4 Å². The van der Waals surface area contributed by atoms with Crippen molar-refractivity contribution >= 4 is 0 Å². The Kier molecular flexibility index (Phi) is 5.08. The van der Waals surface area contributed by atoms with E-state index in [-0.39, 0.29) is 0 Å². The molecule has 0 atom stereocenters. The lowest BCUT2D eigenvalue weighted by Crippen LogP contribution is -2.54. The summed E-state index contributed by atoms with van der Waals surface area (Å²) < 4.78 is 26.3. The van der Waals surface area contributed by atoms with Crippen molar-refractivity contribution in [2.75, 3.05) is 13.1 Å². The first-order chi connectivity index (χ1) is 9.67. The summed E-state index contributed by atoms with van der Waals surface area (Å²) in [4.78, 5) is 3.88. The van der Waals surface area contributed by atoms with Crippen LogP contribution in [-0.4, -0.2) is 18.1 Å². The molecule has 2 nitrogen and oxygen atoms in total. The second kappa shape index (κ2) is 6.61. The first-order valence-corrected chi connectivity index (χ1v) is 7.68. The number of nitrogens with one attached hydrogen (secondary N) is 1. The third-order valence-corrected chi connectivity index (χ3v) is 4.53. The second-order valence-corrected chi connectivity index (χ2v) is 5.83. The summed E-state index contributed by atoms with van der Waals surface area (Å²) in [5.41, 5.74) is 0.953. The minimum Gasteiger partial charge on any atom is -0.316 e. The van der Waals surface area contributed by atoms with Gasteiger partial charge in [0, 0.05) is 19.2 Å². The summed E-state index contributed by atoms with van der Waals surface area (Å²) in [7, 11) is 0. The lowest BCUT2D eigenvalue weighted by molar-refractivity contribution is 0.0813. The molecule has 0 amide bonds. The smallest absolute Gasteiger partial charge is 0.147 e. The van der Waals surface area contributed by atoms with Crippen molar-refractivity contribution in [2.45, 2.75) is 46.0 Å². The fourth-order valence-corrected chi connectivity index (χ4v) is 3.19. The van der Waals surface area contributed by atoms with E-state index < -0.39 is 11.6 Å². The summed E-state index contributed by atoms with van der Waals surface area (Å²) in [6.07, 6.45) is 6.50. The molecule has 2 aliphatic rings. The first kappa shape index (κ1) is 15.4. The highest BCUT2D eigenvalue weighted by molar-refractivity contribution is 5.10. The van der Waals surface area contributed by atoms with Crippen LogP contribution < -0.4 is 5.32 Å². The van der Waals surface area contributed by atoms with Gasteiger partial charge < -0.3 is 5.32 Å². The van der Waals surface area contributed by atoms with Gasteiger partial charge in [-0.3, -0.25) is 4.98 Å². The topological polar surface area (TPSA) is 24.9 Å². The van der Waals surface area contributed by atoms with Gasteiger partial charge in [0.05, 0.1) is 11.9 Å². The Balaban J connectivity index is 0.000000704. The first-order valence-electron chi connectivity index (χ1n) is 7.68. The molecule has 2 fully saturated rings. The van der Waals surface area contributed by atoms with Gasteiger partial charge >= 0.3 is 0 Å². The van der Waals surface area contributed by atoms with Gasteiger partial charge in [-0.1, -0.05) is 13.8 Å². The monoisotopic (exact) mass is 282 g/mol. The molecule has 1 saturated heterocycles. The van der Waals surface area contributed by atoms with E-state index in [1.54, 1.807) is 0 Å². The van der Waals surface area contributed by atoms with E-state index in [9.17, 15) is 8.78 Å². The number of halogens is 2. The van der Waals surface area contributed by atoms with Crippen molar-refractivity contribution < 1.29 is 8.78 Å². The highest BCUT2D eigenvalue weighted by atomic mass is 19.1. The van der Waals surface area contributed by atoms with Crippen LogP contribution in [0.4, 0.5) is 8.78 Å². The number of nitrogens with zero attached hydrogens (tertiary/aromatic N) is 1. The summed E-state index contributed by atoms with van der Waals surface area (Å²) in [5, 5.41) is 3.34. The van der Waals surface area contributed by atoms with Crippen LogP contribution >= 0.6 is 0 Å². The van der Waals surface area contributed by atoms with Gasteiger partial charge in [-0.2, -0.15) is 0 Å². The minimum absolute atomic E-state index is 0.420. The van der Waals surface area contributed by atoms with Crippen LogP contribution in [0.1, 0.15) is 45.2 Å². The number of pyridine rings is 1. The minimum atomic E-state index is -0.598. The van der Waals surface area contributed by atoms with Crippen LogP contribution in [-0.2, 0) is 6.42 Å². The zero-order valence-electron chi connectivity index (χ0n) is 12.4. The Labute approximate surface area is 120 Å². The van der Waals surface area contributed by atoms with Crippen LogP contribution in [0.25, 0.3) is 0 Å². The summed E-state index contributed by atoms with van der Waals surface area (Å²) in [6, 6.07) is 0.933. The van der Waals surface area contributed by atoms with Crippen molar-refractivity contribution in [2.24, 2.45) is 11.3 Å². The zero-order valence-corrected chi connectivity index (χ0v) is 12.4. The Morgan fingerprint density at radius 3 is 2.40 bits per heavy atom. The van der Waals surface area contributed by atoms with Crippen molar-refractivity contribution in [1.29, 1.82) is 0 Å². The highest BCUT2D eigenvalue weighted by Crippen LogP contribution is 2.42. The fourth-order valence-electron chi connectivity index (χ4n) is 3.19. The lowest BCUT2D eigenvalue weighted by atomic mass is 9.66. The van der Waals surface area contributed by atoms with Gasteiger partial charge in [0.15, 0.2) is 0 Å². The van der Waals surface area contributed by atoms with Crippen LogP contribution in [0.5, 0.6) is 0 Å². The second-order valence-electron chi connectivity index (χ2n) is 5.83. The zero-order chi connectivity index (χ0) is 14.6. The van der Waals surface area contributed by atoms with E-state index >= 15 is 0 Å². The van der Waals surface area contributed by atoms with Gasteiger partial charge in [-0.15, -0.1) is 0 Å². The molecule has 1 aromatic heterocycles. The molecule has 20 heavy (non-hydrogen) atoms. The standard InChI is InChI=1S/C14H18F2N2.C2H6/c15-11-6-12(16)13(18-7-11)5-10-1-3-14(4-2-10)8-17-9-14;1-2/h6-7,10,17H,1-5,8-9H2;1-2H3. The van der Waals surface area contributed by atoms with Gasteiger partial charge in [0.25, 0.3) is 0 Å². The van der Waals surface area contributed by atoms with Crippen molar-refractivity contribution in [3.8, 4) is 0 Å². The third kappa shape index (κ3) is 3.35. The Morgan fingerprint density at radius 1 is 1.25 bits per heavy atom. The molecule has 0 radical (unpaired) electrons. The maximum atomic E-state index is 13.5. The number of hydrogen-bond donors (Lipinski definition) is 1. The summed E-state index contributed by atoms with van der Waals surface area (Å²) >= 11 is 0. The van der Waals surface area contributed by atoms with Gasteiger partial charge in [0.2, 0.25) is 0 Å². The van der Waals surface area contributed by atoms with E-state index in [4.69, 9.17) is 0 Å². The molecular formula is C16H24F2N2. The SMILES string of the molecule is CC.Fc1cnc(CC2CCC3(CC2)CNC3)c(F)c1. The third-order valence-electron chi connectivity index (χ3n) is 4.53. The van der Waals surface area contributed by atoms with E-state index in [1.165, 1.54) is 12.8 Å². The molecule has 1 aliphatic carbocycles. The maximum Gasteiger partial charge on any atom is 0.147 e. The largest absolute Gasteiger partial charge is 0.316 e. The van der Waals surface area contributed by atoms with E-state index in [0.717, 1.165) is 38.2 Å².